The first kappa shape index (κ1) is 15.6. The molecule has 0 bridgehead atoms. The maximum atomic E-state index is 12.4. The first-order valence-corrected chi connectivity index (χ1v) is 8.37. The third-order valence-electron chi connectivity index (χ3n) is 3.84. The third kappa shape index (κ3) is 3.39. The van der Waals surface area contributed by atoms with Crippen LogP contribution in [0.1, 0.15) is 35.1 Å². The average Bonchev–Trinajstić information content (AvgIpc) is 3.04. The van der Waals surface area contributed by atoms with E-state index in [2.05, 4.69) is 24.9 Å². The van der Waals surface area contributed by atoms with Crippen molar-refractivity contribution in [2.75, 3.05) is 18.0 Å². The Labute approximate surface area is 137 Å². The number of aryl methyl sites for hydroxylation is 1. The number of carbonyl (C=O) groups excluding carboxylic acids is 1. The molecule has 0 spiro atoms. The van der Waals surface area contributed by atoms with Gasteiger partial charge in [0.1, 0.15) is 4.88 Å². The molecule has 9 heteroatoms. The van der Waals surface area contributed by atoms with Crippen molar-refractivity contribution in [1.29, 1.82) is 0 Å². The third-order valence-corrected chi connectivity index (χ3v) is 4.61. The summed E-state index contributed by atoms with van der Waals surface area (Å²) in [6.07, 6.45) is 5.52. The van der Waals surface area contributed by atoms with Gasteiger partial charge in [0.2, 0.25) is 0 Å². The molecular weight excluding hydrogens is 316 g/mol. The van der Waals surface area contributed by atoms with Gasteiger partial charge in [-0.3, -0.25) is 9.59 Å². The fraction of sp³-hybridized carbons (Fsp3) is 0.500. The van der Waals surface area contributed by atoms with Crippen molar-refractivity contribution in [2.45, 2.75) is 32.2 Å². The van der Waals surface area contributed by atoms with Gasteiger partial charge in [-0.1, -0.05) is 11.4 Å². The molecule has 1 unspecified atom stereocenters. The van der Waals surface area contributed by atoms with Gasteiger partial charge in [-0.05, 0) is 30.8 Å². The summed E-state index contributed by atoms with van der Waals surface area (Å²) in [5.41, 5.74) is 0.515. The van der Waals surface area contributed by atoms with Crippen LogP contribution in [-0.4, -0.2) is 44.6 Å². The Bertz CT molecular complexity index is 743. The topological polar surface area (TPSA) is 104 Å². The van der Waals surface area contributed by atoms with E-state index in [4.69, 9.17) is 0 Å². The zero-order chi connectivity index (χ0) is 16.2. The van der Waals surface area contributed by atoms with Crippen LogP contribution >= 0.6 is 11.5 Å². The zero-order valence-electron chi connectivity index (χ0n) is 12.8. The summed E-state index contributed by atoms with van der Waals surface area (Å²) in [6.45, 7) is 3.28. The lowest BCUT2D eigenvalue weighted by molar-refractivity contribution is 0.0936. The molecule has 1 fully saturated rings. The number of H-pyrrole nitrogens is 1. The number of nitrogens with zero attached hydrogens (tertiary/aromatic N) is 4. The SMILES string of the molecule is CCc1nnsc1C(=O)NC1CCCN(c2ncc[nH]c2=O)C1. The van der Waals surface area contributed by atoms with Crippen molar-refractivity contribution in [3.63, 3.8) is 0 Å². The van der Waals surface area contributed by atoms with E-state index in [1.54, 1.807) is 6.20 Å². The molecule has 1 atom stereocenters. The summed E-state index contributed by atoms with van der Waals surface area (Å²) in [5.74, 6) is 0.263. The maximum Gasteiger partial charge on any atom is 0.290 e. The normalized spacial score (nSPS) is 18.0. The largest absolute Gasteiger partial charge is 0.350 e. The van der Waals surface area contributed by atoms with Gasteiger partial charge in [0.25, 0.3) is 11.5 Å². The maximum absolute atomic E-state index is 12.4. The van der Waals surface area contributed by atoms with Crippen molar-refractivity contribution < 1.29 is 4.79 Å². The summed E-state index contributed by atoms with van der Waals surface area (Å²) in [6, 6.07) is -0.0236. The van der Waals surface area contributed by atoms with Crippen molar-refractivity contribution in [3.05, 3.63) is 33.3 Å². The Morgan fingerprint density at radius 2 is 2.43 bits per heavy atom. The van der Waals surface area contributed by atoms with Crippen LogP contribution < -0.4 is 15.8 Å². The quantitative estimate of drug-likeness (QED) is 0.848. The number of carbonyl (C=O) groups is 1. The minimum absolute atomic E-state index is 0.0236. The van der Waals surface area contributed by atoms with Crippen LogP contribution in [-0.2, 0) is 6.42 Å². The van der Waals surface area contributed by atoms with Crippen LogP contribution in [0, 0.1) is 0 Å². The average molecular weight is 334 g/mol. The Morgan fingerprint density at radius 3 is 3.22 bits per heavy atom. The molecule has 2 aromatic heterocycles. The Morgan fingerprint density at radius 1 is 1.57 bits per heavy atom. The van der Waals surface area contributed by atoms with Crippen molar-refractivity contribution in [1.82, 2.24) is 24.9 Å². The summed E-state index contributed by atoms with van der Waals surface area (Å²) < 4.78 is 3.85. The number of hydrogen-bond acceptors (Lipinski definition) is 7. The lowest BCUT2D eigenvalue weighted by Gasteiger charge is -2.33. The predicted octanol–water partition coefficient (Wildman–Crippen LogP) is 0.583. The first-order valence-electron chi connectivity index (χ1n) is 7.59. The summed E-state index contributed by atoms with van der Waals surface area (Å²) in [4.78, 5) is 33.5. The van der Waals surface area contributed by atoms with Crippen LogP contribution in [0.3, 0.4) is 0 Å². The molecule has 23 heavy (non-hydrogen) atoms. The number of piperidine rings is 1. The van der Waals surface area contributed by atoms with Crippen LogP contribution in [0.4, 0.5) is 5.82 Å². The number of hydrogen-bond donors (Lipinski definition) is 2. The molecular formula is C14H18N6O2S. The highest BCUT2D eigenvalue weighted by molar-refractivity contribution is 7.08. The fourth-order valence-corrected chi connectivity index (χ4v) is 3.37. The van der Waals surface area contributed by atoms with Gasteiger partial charge in [-0.2, -0.15) is 0 Å². The second-order valence-corrected chi connectivity index (χ2v) is 6.16. The van der Waals surface area contributed by atoms with Gasteiger partial charge in [-0.25, -0.2) is 4.98 Å². The molecule has 1 aliphatic heterocycles. The summed E-state index contributed by atoms with van der Waals surface area (Å²) in [7, 11) is 0. The molecule has 8 nitrogen and oxygen atoms in total. The lowest BCUT2D eigenvalue weighted by Crippen LogP contribution is -2.49. The van der Waals surface area contributed by atoms with Crippen LogP contribution in [0.25, 0.3) is 0 Å². The van der Waals surface area contributed by atoms with Crippen LogP contribution in [0.5, 0.6) is 0 Å². The van der Waals surface area contributed by atoms with Gasteiger partial charge < -0.3 is 15.2 Å². The second kappa shape index (κ2) is 6.86. The number of nitrogens with one attached hydrogen (secondary N) is 2. The van der Waals surface area contributed by atoms with Crippen LogP contribution in [0.15, 0.2) is 17.2 Å². The Kier molecular flexibility index (Phi) is 4.65. The monoisotopic (exact) mass is 334 g/mol. The van der Waals surface area contributed by atoms with E-state index in [1.165, 1.54) is 6.20 Å². The van der Waals surface area contributed by atoms with Crippen molar-refractivity contribution in [3.8, 4) is 0 Å². The highest BCUT2D eigenvalue weighted by atomic mass is 32.1. The number of rotatable bonds is 4. The Hall–Kier alpha value is -2.29. The highest BCUT2D eigenvalue weighted by Gasteiger charge is 2.25. The number of aromatic nitrogens is 4. The molecule has 1 aliphatic rings. The standard InChI is InChI=1S/C14H18N6O2S/c1-2-10-11(23-19-18-10)13(21)17-9-4-3-7-20(8-9)12-14(22)16-6-5-15-12/h5-6,9H,2-4,7-8H2,1H3,(H,16,22)(H,17,21). The summed E-state index contributed by atoms with van der Waals surface area (Å²) >= 11 is 1.12. The number of aromatic amines is 1. The highest BCUT2D eigenvalue weighted by Crippen LogP contribution is 2.16. The van der Waals surface area contributed by atoms with E-state index in [0.29, 0.717) is 23.7 Å². The lowest BCUT2D eigenvalue weighted by atomic mass is 10.1. The fourth-order valence-electron chi connectivity index (χ4n) is 2.72. The molecule has 3 rings (SSSR count). The molecule has 0 aromatic carbocycles. The molecule has 122 valence electrons. The van der Waals surface area contributed by atoms with Crippen molar-refractivity contribution >= 4 is 23.3 Å². The molecule has 1 saturated heterocycles. The predicted molar refractivity (Wildman–Crippen MR) is 86.8 cm³/mol. The molecule has 0 aliphatic carbocycles. The molecule has 2 aromatic rings. The van der Waals surface area contributed by atoms with Crippen molar-refractivity contribution in [2.24, 2.45) is 0 Å². The molecule has 2 N–H and O–H groups in total. The minimum Gasteiger partial charge on any atom is -0.350 e. The molecule has 0 radical (unpaired) electrons. The van der Waals surface area contributed by atoms with Gasteiger partial charge in [0, 0.05) is 31.5 Å². The van der Waals surface area contributed by atoms with E-state index in [1.807, 2.05) is 11.8 Å². The first-order chi connectivity index (χ1) is 11.2. The van der Waals surface area contributed by atoms with E-state index in [0.717, 1.165) is 36.6 Å². The number of amides is 1. The van der Waals surface area contributed by atoms with Gasteiger partial charge in [0.15, 0.2) is 5.82 Å². The van der Waals surface area contributed by atoms with E-state index >= 15 is 0 Å². The van der Waals surface area contributed by atoms with E-state index in [-0.39, 0.29) is 17.5 Å². The smallest absolute Gasteiger partial charge is 0.290 e. The zero-order valence-corrected chi connectivity index (χ0v) is 13.6. The minimum atomic E-state index is -0.209. The number of anilines is 1. The van der Waals surface area contributed by atoms with Gasteiger partial charge in [0.05, 0.1) is 5.69 Å². The van der Waals surface area contributed by atoms with Gasteiger partial charge in [-0.15, -0.1) is 5.10 Å². The molecule has 1 amide bonds. The van der Waals surface area contributed by atoms with E-state index < -0.39 is 0 Å². The summed E-state index contributed by atoms with van der Waals surface area (Å²) in [5, 5.41) is 6.99. The molecule has 3 heterocycles. The second-order valence-electron chi connectivity index (χ2n) is 5.40. The van der Waals surface area contributed by atoms with Gasteiger partial charge >= 0.3 is 0 Å². The molecule has 0 saturated carbocycles. The Balaban J connectivity index is 1.69. The van der Waals surface area contributed by atoms with Crippen LogP contribution in [0.2, 0.25) is 0 Å². The van der Waals surface area contributed by atoms with E-state index in [9.17, 15) is 9.59 Å².